The maximum Gasteiger partial charge on any atom is 0.337 e. The van der Waals surface area contributed by atoms with Gasteiger partial charge >= 0.3 is 5.97 Å². The number of hydrogen-bond donors (Lipinski definition) is 3. The normalized spacial score (nSPS) is 12.1. The van der Waals surface area contributed by atoms with E-state index in [0.29, 0.717) is 12.2 Å². The molecule has 4 nitrogen and oxygen atoms in total. The van der Waals surface area contributed by atoms with Gasteiger partial charge in [-0.05, 0) is 19.1 Å². The molecule has 0 radical (unpaired) electrons. The fraction of sp³-hybridized carbons (Fsp3) is 0.300. The van der Waals surface area contributed by atoms with Crippen LogP contribution in [0.3, 0.4) is 0 Å². The third-order valence-electron chi connectivity index (χ3n) is 1.77. The second kappa shape index (κ2) is 4.62. The van der Waals surface area contributed by atoms with Crippen LogP contribution >= 0.6 is 0 Å². The van der Waals surface area contributed by atoms with E-state index in [1.54, 1.807) is 24.3 Å². The van der Waals surface area contributed by atoms with E-state index in [0.717, 1.165) is 0 Å². The van der Waals surface area contributed by atoms with Crippen LogP contribution in [0.5, 0.6) is 0 Å². The Bertz CT molecular complexity index is 324. The zero-order valence-corrected chi connectivity index (χ0v) is 8.03. The molecule has 0 aromatic heterocycles. The first-order chi connectivity index (χ1) is 6.61. The lowest BCUT2D eigenvalue weighted by Crippen LogP contribution is -2.25. The van der Waals surface area contributed by atoms with E-state index in [1.807, 2.05) is 6.92 Å². The number of carbonyl (C=O) groups is 1. The summed E-state index contributed by atoms with van der Waals surface area (Å²) < 4.78 is 0. The molecule has 0 saturated heterocycles. The number of para-hydroxylation sites is 1. The molecule has 1 atom stereocenters. The third kappa shape index (κ3) is 2.74. The van der Waals surface area contributed by atoms with Gasteiger partial charge in [0.1, 0.15) is 0 Å². The summed E-state index contributed by atoms with van der Waals surface area (Å²) in [5.41, 5.74) is 6.44. The van der Waals surface area contributed by atoms with Crippen LogP contribution in [0.2, 0.25) is 0 Å². The van der Waals surface area contributed by atoms with E-state index in [2.05, 4.69) is 5.32 Å². The highest BCUT2D eigenvalue weighted by molar-refractivity contribution is 5.94. The molecule has 0 aliphatic carbocycles. The van der Waals surface area contributed by atoms with Crippen LogP contribution in [0.25, 0.3) is 0 Å². The van der Waals surface area contributed by atoms with Gasteiger partial charge in [-0.1, -0.05) is 12.1 Å². The Morgan fingerprint density at radius 2 is 2.21 bits per heavy atom. The lowest BCUT2D eigenvalue weighted by atomic mass is 10.2. The summed E-state index contributed by atoms with van der Waals surface area (Å²) >= 11 is 0. The van der Waals surface area contributed by atoms with E-state index < -0.39 is 5.97 Å². The highest BCUT2D eigenvalue weighted by atomic mass is 16.4. The molecule has 1 aromatic carbocycles. The van der Waals surface area contributed by atoms with Crippen LogP contribution in [-0.2, 0) is 0 Å². The molecule has 0 aliphatic heterocycles. The minimum absolute atomic E-state index is 0.00292. The Hall–Kier alpha value is -1.55. The molecular weight excluding hydrogens is 180 g/mol. The van der Waals surface area contributed by atoms with Crippen molar-refractivity contribution >= 4 is 11.7 Å². The smallest absolute Gasteiger partial charge is 0.337 e. The summed E-state index contributed by atoms with van der Waals surface area (Å²) in [6, 6.07) is 6.77. The predicted octanol–water partition coefficient (Wildman–Crippen LogP) is 1.14. The van der Waals surface area contributed by atoms with Crippen LogP contribution in [0.15, 0.2) is 24.3 Å². The third-order valence-corrected chi connectivity index (χ3v) is 1.77. The van der Waals surface area contributed by atoms with Gasteiger partial charge < -0.3 is 16.2 Å². The number of nitrogens with two attached hydrogens (primary N) is 1. The van der Waals surface area contributed by atoms with Crippen molar-refractivity contribution in [2.75, 3.05) is 11.9 Å². The first-order valence-corrected chi connectivity index (χ1v) is 4.43. The van der Waals surface area contributed by atoms with Gasteiger partial charge in [0.25, 0.3) is 0 Å². The van der Waals surface area contributed by atoms with Crippen LogP contribution < -0.4 is 11.1 Å². The van der Waals surface area contributed by atoms with E-state index in [4.69, 9.17) is 10.8 Å². The van der Waals surface area contributed by atoms with Crippen molar-refractivity contribution in [1.82, 2.24) is 0 Å². The molecule has 0 aliphatic rings. The fourth-order valence-corrected chi connectivity index (χ4v) is 1.09. The summed E-state index contributed by atoms with van der Waals surface area (Å²) in [4.78, 5) is 10.8. The Kier molecular flexibility index (Phi) is 3.48. The van der Waals surface area contributed by atoms with Gasteiger partial charge in [-0.25, -0.2) is 4.79 Å². The van der Waals surface area contributed by atoms with E-state index in [9.17, 15) is 4.79 Å². The molecule has 0 unspecified atom stereocenters. The molecule has 0 spiro atoms. The Morgan fingerprint density at radius 3 is 2.79 bits per heavy atom. The van der Waals surface area contributed by atoms with Crippen molar-refractivity contribution in [3.63, 3.8) is 0 Å². The van der Waals surface area contributed by atoms with Crippen molar-refractivity contribution in [2.24, 2.45) is 5.73 Å². The Balaban J connectivity index is 2.79. The molecule has 14 heavy (non-hydrogen) atoms. The average molecular weight is 194 g/mol. The van der Waals surface area contributed by atoms with Gasteiger partial charge in [-0.3, -0.25) is 0 Å². The maximum atomic E-state index is 10.8. The summed E-state index contributed by atoms with van der Waals surface area (Å²) in [6.07, 6.45) is 0. The molecule has 76 valence electrons. The van der Waals surface area contributed by atoms with Crippen LogP contribution in [0.4, 0.5) is 5.69 Å². The van der Waals surface area contributed by atoms with Gasteiger partial charge in [0.05, 0.1) is 5.56 Å². The highest BCUT2D eigenvalue weighted by Crippen LogP contribution is 2.14. The largest absolute Gasteiger partial charge is 0.478 e. The number of nitrogens with one attached hydrogen (secondary N) is 1. The van der Waals surface area contributed by atoms with Crippen molar-refractivity contribution in [2.45, 2.75) is 13.0 Å². The van der Waals surface area contributed by atoms with Crippen LogP contribution in [0, 0.1) is 0 Å². The first-order valence-electron chi connectivity index (χ1n) is 4.43. The van der Waals surface area contributed by atoms with Crippen LogP contribution in [0.1, 0.15) is 17.3 Å². The molecule has 4 N–H and O–H groups in total. The number of hydrogen-bond acceptors (Lipinski definition) is 3. The number of anilines is 1. The highest BCUT2D eigenvalue weighted by Gasteiger charge is 2.08. The second-order valence-corrected chi connectivity index (χ2v) is 3.21. The second-order valence-electron chi connectivity index (χ2n) is 3.21. The Morgan fingerprint density at radius 1 is 1.57 bits per heavy atom. The van der Waals surface area contributed by atoms with E-state index >= 15 is 0 Å². The van der Waals surface area contributed by atoms with Crippen LogP contribution in [-0.4, -0.2) is 23.7 Å². The summed E-state index contributed by atoms with van der Waals surface area (Å²) in [7, 11) is 0. The lowest BCUT2D eigenvalue weighted by molar-refractivity contribution is 0.0698. The van der Waals surface area contributed by atoms with Gasteiger partial charge in [-0.15, -0.1) is 0 Å². The molecule has 1 rings (SSSR count). The number of aromatic carboxylic acids is 1. The maximum absolute atomic E-state index is 10.8. The topological polar surface area (TPSA) is 75.3 Å². The van der Waals surface area contributed by atoms with Crippen molar-refractivity contribution in [1.29, 1.82) is 0 Å². The van der Waals surface area contributed by atoms with Gasteiger partial charge in [0.2, 0.25) is 0 Å². The Labute approximate surface area is 82.7 Å². The minimum atomic E-state index is -0.933. The molecule has 0 amide bonds. The fourth-order valence-electron chi connectivity index (χ4n) is 1.09. The number of rotatable bonds is 4. The zero-order valence-electron chi connectivity index (χ0n) is 8.03. The minimum Gasteiger partial charge on any atom is -0.478 e. The standard InChI is InChI=1S/C10H14N2O2/c1-7(11)6-12-9-5-3-2-4-8(9)10(13)14/h2-5,7,12H,6,11H2,1H3,(H,13,14)/t7-/m1/s1. The van der Waals surface area contributed by atoms with Gasteiger partial charge in [0.15, 0.2) is 0 Å². The molecule has 0 fully saturated rings. The number of benzene rings is 1. The number of carboxylic acid groups (broad SMARTS) is 1. The predicted molar refractivity (Wildman–Crippen MR) is 55.5 cm³/mol. The van der Waals surface area contributed by atoms with Gasteiger partial charge in [-0.2, -0.15) is 0 Å². The molecule has 0 heterocycles. The number of carboxylic acids is 1. The van der Waals surface area contributed by atoms with Crippen molar-refractivity contribution in [3.05, 3.63) is 29.8 Å². The monoisotopic (exact) mass is 194 g/mol. The molecule has 0 bridgehead atoms. The van der Waals surface area contributed by atoms with Crippen molar-refractivity contribution in [3.8, 4) is 0 Å². The molecule has 0 saturated carbocycles. The molecular formula is C10H14N2O2. The molecule has 1 aromatic rings. The molecule has 4 heteroatoms. The summed E-state index contributed by atoms with van der Waals surface area (Å²) in [6.45, 7) is 2.42. The SMILES string of the molecule is C[C@@H](N)CNc1ccccc1C(=O)O. The average Bonchev–Trinajstić information content (AvgIpc) is 2.15. The van der Waals surface area contributed by atoms with Gasteiger partial charge in [0, 0.05) is 18.3 Å². The lowest BCUT2D eigenvalue weighted by Gasteiger charge is -2.10. The summed E-state index contributed by atoms with van der Waals surface area (Å²) in [5, 5.41) is 11.8. The van der Waals surface area contributed by atoms with Crippen molar-refractivity contribution < 1.29 is 9.90 Å². The van der Waals surface area contributed by atoms with E-state index in [1.165, 1.54) is 0 Å². The quantitative estimate of drug-likeness (QED) is 0.672. The summed E-state index contributed by atoms with van der Waals surface area (Å²) in [5.74, 6) is -0.933. The zero-order chi connectivity index (χ0) is 10.6. The van der Waals surface area contributed by atoms with E-state index in [-0.39, 0.29) is 11.6 Å². The first kappa shape index (κ1) is 10.5.